The average Bonchev–Trinajstić information content (AvgIpc) is 2.72. The van der Waals surface area contributed by atoms with Gasteiger partial charge in [0.15, 0.2) is 0 Å². The van der Waals surface area contributed by atoms with E-state index in [9.17, 15) is 0 Å². The summed E-state index contributed by atoms with van der Waals surface area (Å²) in [5.74, 6) is 0.700. The minimum atomic E-state index is 0.289. The topological polar surface area (TPSA) is 21.3 Å². The Labute approximate surface area is 119 Å². The SMILES string of the molecule is CC(C)NC(C)C(C)CC1CCC2(CCCCC2)O1. The molecule has 2 fully saturated rings. The molecule has 0 amide bonds. The summed E-state index contributed by atoms with van der Waals surface area (Å²) in [5, 5.41) is 3.63. The number of nitrogens with one attached hydrogen (secondary N) is 1. The Balaban J connectivity index is 1.78. The molecular weight excluding hydrogens is 234 g/mol. The molecule has 112 valence electrons. The van der Waals surface area contributed by atoms with Gasteiger partial charge in [-0.2, -0.15) is 0 Å². The largest absolute Gasteiger partial charge is 0.372 e. The molecule has 19 heavy (non-hydrogen) atoms. The van der Waals surface area contributed by atoms with Crippen molar-refractivity contribution in [1.29, 1.82) is 0 Å². The third-order valence-electron chi connectivity index (χ3n) is 5.19. The molecule has 1 N–H and O–H groups in total. The minimum Gasteiger partial charge on any atom is -0.372 e. The lowest BCUT2D eigenvalue weighted by Crippen LogP contribution is -2.38. The lowest BCUT2D eigenvalue weighted by Gasteiger charge is -2.34. The fraction of sp³-hybridized carbons (Fsp3) is 1.00. The Kier molecular flexibility index (Phi) is 5.30. The van der Waals surface area contributed by atoms with Crippen LogP contribution in [0.3, 0.4) is 0 Å². The van der Waals surface area contributed by atoms with Crippen LogP contribution in [0.25, 0.3) is 0 Å². The Hall–Kier alpha value is -0.0800. The highest BCUT2D eigenvalue weighted by atomic mass is 16.5. The van der Waals surface area contributed by atoms with Crippen molar-refractivity contribution in [2.45, 2.75) is 103 Å². The lowest BCUT2D eigenvalue weighted by molar-refractivity contribution is -0.0702. The molecule has 0 aromatic rings. The van der Waals surface area contributed by atoms with Crippen LogP contribution < -0.4 is 5.32 Å². The number of hydrogen-bond acceptors (Lipinski definition) is 2. The van der Waals surface area contributed by atoms with Gasteiger partial charge in [-0.25, -0.2) is 0 Å². The third-order valence-corrected chi connectivity index (χ3v) is 5.19. The molecule has 1 aliphatic carbocycles. The first-order valence-corrected chi connectivity index (χ1v) is 8.45. The van der Waals surface area contributed by atoms with E-state index >= 15 is 0 Å². The van der Waals surface area contributed by atoms with Crippen LogP contribution in [-0.4, -0.2) is 23.8 Å². The van der Waals surface area contributed by atoms with Crippen molar-refractivity contribution in [3.8, 4) is 0 Å². The predicted octanol–water partition coefficient (Wildman–Crippen LogP) is 4.28. The zero-order valence-electron chi connectivity index (χ0n) is 13.4. The molecule has 0 aromatic carbocycles. The van der Waals surface area contributed by atoms with E-state index in [-0.39, 0.29) is 5.60 Å². The maximum absolute atomic E-state index is 6.49. The van der Waals surface area contributed by atoms with Gasteiger partial charge in [-0.05, 0) is 44.9 Å². The molecule has 0 aromatic heterocycles. The first-order chi connectivity index (χ1) is 9.01. The smallest absolute Gasteiger partial charge is 0.0687 e. The van der Waals surface area contributed by atoms with E-state index in [4.69, 9.17) is 4.74 Å². The van der Waals surface area contributed by atoms with Gasteiger partial charge in [0.2, 0.25) is 0 Å². The second-order valence-corrected chi connectivity index (χ2v) is 7.35. The minimum absolute atomic E-state index is 0.289. The highest BCUT2D eigenvalue weighted by Crippen LogP contribution is 2.43. The van der Waals surface area contributed by atoms with E-state index in [2.05, 4.69) is 33.0 Å². The van der Waals surface area contributed by atoms with Gasteiger partial charge in [0, 0.05) is 12.1 Å². The molecular formula is C17H33NO. The molecule has 0 radical (unpaired) electrons. The van der Waals surface area contributed by atoms with Crippen molar-refractivity contribution in [1.82, 2.24) is 5.32 Å². The zero-order chi connectivity index (χ0) is 13.9. The molecule has 1 heterocycles. The number of rotatable bonds is 5. The van der Waals surface area contributed by atoms with Gasteiger partial charge >= 0.3 is 0 Å². The second kappa shape index (κ2) is 6.58. The summed E-state index contributed by atoms with van der Waals surface area (Å²) >= 11 is 0. The summed E-state index contributed by atoms with van der Waals surface area (Å²) in [5.41, 5.74) is 0.289. The van der Waals surface area contributed by atoms with Crippen LogP contribution in [0, 0.1) is 5.92 Å². The molecule has 1 spiro atoms. The van der Waals surface area contributed by atoms with Crippen LogP contribution in [0.5, 0.6) is 0 Å². The van der Waals surface area contributed by atoms with E-state index < -0.39 is 0 Å². The maximum atomic E-state index is 6.49. The van der Waals surface area contributed by atoms with Crippen molar-refractivity contribution in [2.24, 2.45) is 5.92 Å². The fourth-order valence-electron chi connectivity index (χ4n) is 3.93. The summed E-state index contributed by atoms with van der Waals surface area (Å²) in [6, 6.07) is 1.16. The zero-order valence-corrected chi connectivity index (χ0v) is 13.4. The monoisotopic (exact) mass is 267 g/mol. The van der Waals surface area contributed by atoms with Gasteiger partial charge in [-0.15, -0.1) is 0 Å². The predicted molar refractivity (Wildman–Crippen MR) is 81.4 cm³/mol. The van der Waals surface area contributed by atoms with Gasteiger partial charge in [0.1, 0.15) is 0 Å². The van der Waals surface area contributed by atoms with Crippen LogP contribution in [0.4, 0.5) is 0 Å². The summed E-state index contributed by atoms with van der Waals surface area (Å²) in [4.78, 5) is 0. The first kappa shape index (κ1) is 15.3. The summed E-state index contributed by atoms with van der Waals surface area (Å²) < 4.78 is 6.49. The molecule has 2 aliphatic rings. The first-order valence-electron chi connectivity index (χ1n) is 8.45. The second-order valence-electron chi connectivity index (χ2n) is 7.35. The van der Waals surface area contributed by atoms with Crippen LogP contribution >= 0.6 is 0 Å². The van der Waals surface area contributed by atoms with E-state index in [1.54, 1.807) is 0 Å². The Morgan fingerprint density at radius 3 is 2.37 bits per heavy atom. The van der Waals surface area contributed by atoms with Crippen molar-refractivity contribution in [3.63, 3.8) is 0 Å². The molecule has 1 aliphatic heterocycles. The van der Waals surface area contributed by atoms with Crippen molar-refractivity contribution < 1.29 is 4.74 Å². The van der Waals surface area contributed by atoms with Crippen LogP contribution in [0.15, 0.2) is 0 Å². The molecule has 1 saturated heterocycles. The van der Waals surface area contributed by atoms with Gasteiger partial charge in [0.25, 0.3) is 0 Å². The third kappa shape index (κ3) is 4.19. The molecule has 0 bridgehead atoms. The highest BCUT2D eigenvalue weighted by molar-refractivity contribution is 4.92. The Bertz CT molecular complexity index is 270. The molecule has 3 unspecified atom stereocenters. The van der Waals surface area contributed by atoms with E-state index in [0.717, 1.165) is 0 Å². The summed E-state index contributed by atoms with van der Waals surface area (Å²) in [7, 11) is 0. The van der Waals surface area contributed by atoms with Crippen LogP contribution in [-0.2, 0) is 4.74 Å². The molecule has 3 atom stereocenters. The molecule has 2 rings (SSSR count). The standard InChI is InChI=1S/C17H33NO/c1-13(2)18-15(4)14(3)12-16-8-11-17(19-16)9-6-5-7-10-17/h13-16,18H,5-12H2,1-4H3. The van der Waals surface area contributed by atoms with E-state index in [1.165, 1.54) is 51.4 Å². The van der Waals surface area contributed by atoms with Gasteiger partial charge in [0.05, 0.1) is 11.7 Å². The van der Waals surface area contributed by atoms with Crippen LogP contribution in [0.1, 0.15) is 79.1 Å². The summed E-state index contributed by atoms with van der Waals surface area (Å²) in [6.07, 6.45) is 11.2. The van der Waals surface area contributed by atoms with Gasteiger partial charge < -0.3 is 10.1 Å². The number of hydrogen-bond donors (Lipinski definition) is 1. The van der Waals surface area contributed by atoms with Crippen molar-refractivity contribution >= 4 is 0 Å². The van der Waals surface area contributed by atoms with Crippen molar-refractivity contribution in [3.05, 3.63) is 0 Å². The van der Waals surface area contributed by atoms with E-state index in [1.807, 2.05) is 0 Å². The summed E-state index contributed by atoms with van der Waals surface area (Å²) in [6.45, 7) is 9.14. The molecule has 1 saturated carbocycles. The lowest BCUT2D eigenvalue weighted by atomic mass is 9.83. The fourth-order valence-corrected chi connectivity index (χ4v) is 3.93. The average molecular weight is 267 g/mol. The maximum Gasteiger partial charge on any atom is 0.0687 e. The highest BCUT2D eigenvalue weighted by Gasteiger charge is 2.41. The van der Waals surface area contributed by atoms with Crippen LogP contribution in [0.2, 0.25) is 0 Å². The Morgan fingerprint density at radius 1 is 1.05 bits per heavy atom. The van der Waals surface area contributed by atoms with Gasteiger partial charge in [-0.1, -0.05) is 40.0 Å². The molecule has 2 nitrogen and oxygen atoms in total. The van der Waals surface area contributed by atoms with Crippen molar-refractivity contribution in [2.75, 3.05) is 0 Å². The van der Waals surface area contributed by atoms with E-state index in [0.29, 0.717) is 24.1 Å². The quantitative estimate of drug-likeness (QED) is 0.802. The Morgan fingerprint density at radius 2 is 1.74 bits per heavy atom. The normalized spacial score (nSPS) is 29.8. The van der Waals surface area contributed by atoms with Gasteiger partial charge in [-0.3, -0.25) is 0 Å². The number of ether oxygens (including phenoxy) is 1. The molecule has 2 heteroatoms.